The molecule has 0 amide bonds. The molecule has 3 heteroatoms. The van der Waals surface area contributed by atoms with E-state index >= 15 is 0 Å². The van der Waals surface area contributed by atoms with Gasteiger partial charge in [-0.3, -0.25) is 0 Å². The van der Waals surface area contributed by atoms with Crippen LogP contribution in [0, 0.1) is 0 Å². The summed E-state index contributed by atoms with van der Waals surface area (Å²) in [6.45, 7) is 8.41. The van der Waals surface area contributed by atoms with Crippen LogP contribution in [-0.4, -0.2) is 36.3 Å². The quantitative estimate of drug-likeness (QED) is 0.685. The van der Waals surface area contributed by atoms with Gasteiger partial charge >= 0.3 is 0 Å². The van der Waals surface area contributed by atoms with Crippen molar-refractivity contribution in [1.82, 2.24) is 5.32 Å². The van der Waals surface area contributed by atoms with Crippen molar-refractivity contribution in [3.63, 3.8) is 0 Å². The summed E-state index contributed by atoms with van der Waals surface area (Å²) in [7, 11) is 0. The molecule has 0 saturated heterocycles. The smallest absolute Gasteiger partial charge is 0.0631 e. The molecular weight excluding hydrogens is 230 g/mol. The molecule has 1 aliphatic rings. The highest BCUT2D eigenvalue weighted by molar-refractivity contribution is 7.99. The fraction of sp³-hybridized carbons (Fsp3) is 1.00. The maximum absolute atomic E-state index is 5.74. The fourth-order valence-electron chi connectivity index (χ4n) is 2.13. The third kappa shape index (κ3) is 7.32. The number of ether oxygens (including phenoxy) is 1. The van der Waals surface area contributed by atoms with E-state index in [-0.39, 0.29) is 0 Å². The van der Waals surface area contributed by atoms with Gasteiger partial charge in [0.1, 0.15) is 0 Å². The van der Waals surface area contributed by atoms with Crippen molar-refractivity contribution in [2.24, 2.45) is 0 Å². The van der Waals surface area contributed by atoms with Gasteiger partial charge in [0, 0.05) is 17.0 Å². The monoisotopic (exact) mass is 259 g/mol. The summed E-state index contributed by atoms with van der Waals surface area (Å²) in [6, 6.07) is 0.531. The average molecular weight is 259 g/mol. The largest absolute Gasteiger partial charge is 0.377 e. The zero-order valence-corrected chi connectivity index (χ0v) is 12.5. The molecule has 1 atom stereocenters. The second-order valence-electron chi connectivity index (χ2n) is 5.27. The summed E-state index contributed by atoms with van der Waals surface area (Å²) >= 11 is 2.15. The van der Waals surface area contributed by atoms with Gasteiger partial charge in [0.25, 0.3) is 0 Å². The van der Waals surface area contributed by atoms with E-state index in [9.17, 15) is 0 Å². The molecule has 2 nitrogen and oxygen atoms in total. The Hall–Kier alpha value is 0.270. The molecule has 1 saturated carbocycles. The number of hydrogen-bond donors (Lipinski definition) is 1. The summed E-state index contributed by atoms with van der Waals surface area (Å²) in [5.41, 5.74) is 0. The zero-order valence-electron chi connectivity index (χ0n) is 11.7. The van der Waals surface area contributed by atoms with Crippen LogP contribution < -0.4 is 5.32 Å². The minimum Gasteiger partial charge on any atom is -0.377 e. The fourth-order valence-corrected chi connectivity index (χ4v) is 3.52. The maximum atomic E-state index is 5.74. The molecule has 0 aromatic heterocycles. The Balaban J connectivity index is 2.18. The lowest BCUT2D eigenvalue weighted by molar-refractivity contribution is 0.0655. The molecule has 1 N–H and O–H groups in total. The van der Waals surface area contributed by atoms with Gasteiger partial charge in [-0.1, -0.05) is 19.8 Å². The molecule has 1 fully saturated rings. The number of rotatable bonds is 9. The second-order valence-corrected chi connectivity index (χ2v) is 6.61. The number of nitrogens with one attached hydrogen (secondary N) is 1. The molecule has 0 bridgehead atoms. The molecule has 0 aromatic carbocycles. The molecule has 0 aliphatic heterocycles. The molecule has 1 unspecified atom stereocenters. The topological polar surface area (TPSA) is 21.3 Å². The molecule has 1 rings (SSSR count). The van der Waals surface area contributed by atoms with E-state index in [0.717, 1.165) is 18.4 Å². The lowest BCUT2D eigenvalue weighted by Gasteiger charge is -2.21. The van der Waals surface area contributed by atoms with Crippen LogP contribution in [-0.2, 0) is 4.74 Å². The third-order valence-corrected chi connectivity index (χ3v) is 4.69. The lowest BCUT2D eigenvalue weighted by atomic mass is 10.3. The Kier molecular flexibility index (Phi) is 8.33. The first-order chi connectivity index (χ1) is 8.22. The Bertz CT molecular complexity index is 181. The third-order valence-electron chi connectivity index (χ3n) is 3.15. The second kappa shape index (κ2) is 9.23. The van der Waals surface area contributed by atoms with Gasteiger partial charge < -0.3 is 10.1 Å². The van der Waals surface area contributed by atoms with Crippen LogP contribution in [0.5, 0.6) is 0 Å². The van der Waals surface area contributed by atoms with Crippen molar-refractivity contribution in [1.29, 1.82) is 0 Å². The standard InChI is InChI=1S/C14H29NOS/c1-4-9-15-13(10-16-12(2)3)11-17-14-7-5-6-8-14/h12-15H,4-11H2,1-3H3. The first-order valence-corrected chi connectivity index (χ1v) is 8.23. The molecule has 0 spiro atoms. The van der Waals surface area contributed by atoms with Crippen molar-refractivity contribution in [3.05, 3.63) is 0 Å². The van der Waals surface area contributed by atoms with Crippen molar-refractivity contribution >= 4 is 11.8 Å². The predicted molar refractivity (Wildman–Crippen MR) is 77.9 cm³/mol. The molecule has 0 radical (unpaired) electrons. The lowest BCUT2D eigenvalue weighted by Crippen LogP contribution is -2.37. The minimum atomic E-state index is 0.345. The summed E-state index contributed by atoms with van der Waals surface area (Å²) in [6.07, 6.45) is 7.27. The molecule has 102 valence electrons. The van der Waals surface area contributed by atoms with E-state index in [1.165, 1.54) is 37.9 Å². The van der Waals surface area contributed by atoms with Crippen molar-refractivity contribution < 1.29 is 4.74 Å². The van der Waals surface area contributed by atoms with Crippen LogP contribution in [0.4, 0.5) is 0 Å². The SMILES string of the molecule is CCCNC(COC(C)C)CSC1CCCC1. The van der Waals surface area contributed by atoms with E-state index in [0.29, 0.717) is 12.1 Å². The maximum Gasteiger partial charge on any atom is 0.0631 e. The van der Waals surface area contributed by atoms with Gasteiger partial charge in [-0.15, -0.1) is 0 Å². The zero-order chi connectivity index (χ0) is 12.5. The number of hydrogen-bond acceptors (Lipinski definition) is 3. The van der Waals surface area contributed by atoms with Gasteiger partial charge in [0.2, 0.25) is 0 Å². The Morgan fingerprint density at radius 2 is 2.00 bits per heavy atom. The molecular formula is C14H29NOS. The van der Waals surface area contributed by atoms with Gasteiger partial charge in [0.05, 0.1) is 12.7 Å². The van der Waals surface area contributed by atoms with Crippen LogP contribution in [0.2, 0.25) is 0 Å². The summed E-state index contributed by atoms with van der Waals surface area (Å²) in [4.78, 5) is 0. The summed E-state index contributed by atoms with van der Waals surface area (Å²) < 4.78 is 5.74. The van der Waals surface area contributed by atoms with E-state index in [1.807, 2.05) is 0 Å². The van der Waals surface area contributed by atoms with Gasteiger partial charge in [-0.25, -0.2) is 0 Å². The highest BCUT2D eigenvalue weighted by Gasteiger charge is 2.17. The van der Waals surface area contributed by atoms with Crippen LogP contribution in [0.3, 0.4) is 0 Å². The van der Waals surface area contributed by atoms with E-state index < -0.39 is 0 Å². The van der Waals surface area contributed by atoms with Crippen LogP contribution >= 0.6 is 11.8 Å². The Morgan fingerprint density at radius 1 is 1.29 bits per heavy atom. The Morgan fingerprint density at radius 3 is 2.59 bits per heavy atom. The van der Waals surface area contributed by atoms with Crippen LogP contribution in [0.1, 0.15) is 52.9 Å². The molecule has 1 aliphatic carbocycles. The van der Waals surface area contributed by atoms with Crippen LogP contribution in [0.25, 0.3) is 0 Å². The van der Waals surface area contributed by atoms with Gasteiger partial charge in [-0.05, 0) is 39.7 Å². The Labute approximate surface area is 111 Å². The highest BCUT2D eigenvalue weighted by atomic mass is 32.2. The summed E-state index contributed by atoms with van der Waals surface area (Å²) in [5, 5.41) is 4.52. The predicted octanol–water partition coefficient (Wildman–Crippen LogP) is 3.46. The van der Waals surface area contributed by atoms with Gasteiger partial charge in [-0.2, -0.15) is 11.8 Å². The van der Waals surface area contributed by atoms with Crippen molar-refractivity contribution in [2.75, 3.05) is 18.9 Å². The normalized spacial score (nSPS) is 19.1. The van der Waals surface area contributed by atoms with Crippen LogP contribution in [0.15, 0.2) is 0 Å². The van der Waals surface area contributed by atoms with E-state index in [2.05, 4.69) is 37.8 Å². The average Bonchev–Trinajstić information content (AvgIpc) is 2.80. The first-order valence-electron chi connectivity index (χ1n) is 7.19. The van der Waals surface area contributed by atoms with Gasteiger partial charge in [0.15, 0.2) is 0 Å². The first kappa shape index (κ1) is 15.3. The van der Waals surface area contributed by atoms with E-state index in [1.54, 1.807) is 0 Å². The molecule has 0 heterocycles. The van der Waals surface area contributed by atoms with Crippen molar-refractivity contribution in [2.45, 2.75) is 70.3 Å². The highest BCUT2D eigenvalue weighted by Crippen LogP contribution is 2.29. The molecule has 17 heavy (non-hydrogen) atoms. The van der Waals surface area contributed by atoms with Crippen molar-refractivity contribution in [3.8, 4) is 0 Å². The molecule has 0 aromatic rings. The van der Waals surface area contributed by atoms with E-state index in [4.69, 9.17) is 4.74 Å². The summed E-state index contributed by atoms with van der Waals surface area (Å²) in [5.74, 6) is 1.21. The minimum absolute atomic E-state index is 0.345. The number of thioether (sulfide) groups is 1.